The van der Waals surface area contributed by atoms with E-state index in [0.29, 0.717) is 16.3 Å². The molecule has 6 nitrogen and oxygen atoms in total. The fourth-order valence-electron chi connectivity index (χ4n) is 4.79. The lowest BCUT2D eigenvalue weighted by Crippen LogP contribution is -2.46. The summed E-state index contributed by atoms with van der Waals surface area (Å²) in [5.41, 5.74) is -2.53. The van der Waals surface area contributed by atoms with Crippen LogP contribution in [0.1, 0.15) is 42.6 Å². The Labute approximate surface area is 230 Å². The second-order valence-corrected chi connectivity index (χ2v) is 10.1. The molecule has 2 amide bonds. The predicted molar refractivity (Wildman–Crippen MR) is 137 cm³/mol. The van der Waals surface area contributed by atoms with Crippen LogP contribution in [-0.2, 0) is 9.63 Å². The number of carbonyl (C=O) groups is 2. The molecule has 40 heavy (non-hydrogen) atoms. The SMILES string of the molecule is CC=C(C=C(C)Cl)C1(C(F)(F)F)CC(c2ccc(C(=O)N3CC(=O)N(CCC(F)(F)F)C3)c3ccccc23)=NO1. The summed E-state index contributed by atoms with van der Waals surface area (Å²) in [6, 6.07) is 9.33. The predicted octanol–water partition coefficient (Wildman–Crippen LogP) is 6.55. The lowest BCUT2D eigenvalue weighted by molar-refractivity contribution is -0.251. The number of rotatable bonds is 6. The monoisotopic (exact) mass is 587 g/mol. The second-order valence-electron chi connectivity index (χ2n) is 9.48. The summed E-state index contributed by atoms with van der Waals surface area (Å²) in [7, 11) is 0. The van der Waals surface area contributed by atoms with Crippen molar-refractivity contribution in [2.45, 2.75) is 44.6 Å². The zero-order chi connectivity index (χ0) is 29.5. The van der Waals surface area contributed by atoms with E-state index in [0.717, 1.165) is 9.80 Å². The van der Waals surface area contributed by atoms with E-state index in [1.54, 1.807) is 24.3 Å². The molecule has 0 aromatic heterocycles. The van der Waals surface area contributed by atoms with E-state index in [1.165, 1.54) is 38.1 Å². The van der Waals surface area contributed by atoms with Crippen molar-refractivity contribution in [3.05, 3.63) is 70.3 Å². The van der Waals surface area contributed by atoms with Gasteiger partial charge in [0.1, 0.15) is 6.54 Å². The Morgan fingerprint density at radius 2 is 1.80 bits per heavy atom. The summed E-state index contributed by atoms with van der Waals surface area (Å²) < 4.78 is 81.0. The number of hydrogen-bond donors (Lipinski definition) is 0. The number of nitrogens with zero attached hydrogens (tertiary/aromatic N) is 3. The lowest BCUT2D eigenvalue weighted by Gasteiger charge is -2.30. The topological polar surface area (TPSA) is 62.2 Å². The van der Waals surface area contributed by atoms with Crippen LogP contribution < -0.4 is 0 Å². The lowest BCUT2D eigenvalue weighted by atomic mass is 9.84. The fraction of sp³-hybridized carbons (Fsp3) is 0.370. The molecule has 0 radical (unpaired) electrons. The smallest absolute Gasteiger partial charge is 0.374 e. The van der Waals surface area contributed by atoms with Crippen molar-refractivity contribution in [2.75, 3.05) is 19.8 Å². The Bertz CT molecular complexity index is 1430. The molecule has 1 saturated heterocycles. The summed E-state index contributed by atoms with van der Waals surface area (Å²) in [5.74, 6) is -1.21. The van der Waals surface area contributed by atoms with Crippen LogP contribution in [0.3, 0.4) is 0 Å². The zero-order valence-electron chi connectivity index (χ0n) is 21.4. The standard InChI is InChI=1S/C27H24ClF6N3O3/c1-3-17(12-16(2)28)25(27(32,33)34)13-22(35-40-25)20-8-9-21(19-7-5-4-6-18(19)20)24(39)37-14-23(38)36(15-37)11-10-26(29,30)31/h3-9,12H,10-11,13-15H2,1-2H3. The van der Waals surface area contributed by atoms with Crippen molar-refractivity contribution in [2.24, 2.45) is 5.16 Å². The number of allylic oxidation sites excluding steroid dienone is 2. The molecule has 2 aliphatic heterocycles. The molecule has 1 unspecified atom stereocenters. The first kappa shape index (κ1) is 29.4. The Kier molecular flexibility index (Phi) is 7.94. The quantitative estimate of drug-likeness (QED) is 0.285. The van der Waals surface area contributed by atoms with Gasteiger partial charge in [0.25, 0.3) is 11.5 Å². The largest absolute Gasteiger partial charge is 0.435 e. The number of carbonyl (C=O) groups excluding carboxylic acids is 2. The van der Waals surface area contributed by atoms with Crippen LogP contribution in [-0.4, -0.2) is 65.0 Å². The van der Waals surface area contributed by atoms with Crippen LogP contribution in [0, 0.1) is 0 Å². The second kappa shape index (κ2) is 10.8. The summed E-state index contributed by atoms with van der Waals surface area (Å²) in [4.78, 5) is 32.8. The highest BCUT2D eigenvalue weighted by molar-refractivity contribution is 6.29. The van der Waals surface area contributed by atoms with Crippen molar-refractivity contribution in [1.82, 2.24) is 9.80 Å². The van der Waals surface area contributed by atoms with Crippen molar-refractivity contribution >= 4 is 39.9 Å². The number of amides is 2. The summed E-state index contributed by atoms with van der Waals surface area (Å²) >= 11 is 5.88. The van der Waals surface area contributed by atoms with Gasteiger partial charge in [-0.2, -0.15) is 26.3 Å². The average Bonchev–Trinajstić information content (AvgIpc) is 3.49. The van der Waals surface area contributed by atoms with Gasteiger partial charge < -0.3 is 14.6 Å². The molecule has 2 heterocycles. The highest BCUT2D eigenvalue weighted by Gasteiger charge is 2.62. The minimum atomic E-state index is -4.84. The number of oxime groups is 1. The molecule has 0 bridgehead atoms. The third kappa shape index (κ3) is 5.67. The van der Waals surface area contributed by atoms with E-state index < -0.39 is 49.2 Å². The Morgan fingerprint density at radius 1 is 1.12 bits per heavy atom. The number of alkyl halides is 6. The summed E-state index contributed by atoms with van der Waals surface area (Å²) in [6.07, 6.45) is -8.71. The van der Waals surface area contributed by atoms with Crippen molar-refractivity contribution in [3.8, 4) is 0 Å². The molecule has 2 aromatic carbocycles. The molecule has 0 N–H and O–H groups in total. The van der Waals surface area contributed by atoms with Gasteiger partial charge in [-0.05, 0) is 36.8 Å². The van der Waals surface area contributed by atoms with Crippen molar-refractivity contribution in [3.63, 3.8) is 0 Å². The maximum Gasteiger partial charge on any atom is 0.435 e. The first-order valence-electron chi connectivity index (χ1n) is 12.1. The normalized spacial score (nSPS) is 20.8. The molecular formula is C27H24ClF6N3O3. The van der Waals surface area contributed by atoms with Crippen molar-refractivity contribution < 1.29 is 40.8 Å². The van der Waals surface area contributed by atoms with E-state index >= 15 is 0 Å². The van der Waals surface area contributed by atoms with Crippen LogP contribution in [0.25, 0.3) is 10.8 Å². The number of benzene rings is 2. The molecule has 0 spiro atoms. The maximum atomic E-state index is 14.4. The van der Waals surface area contributed by atoms with E-state index in [-0.39, 0.29) is 35.1 Å². The van der Waals surface area contributed by atoms with Gasteiger partial charge in [-0.3, -0.25) is 9.59 Å². The minimum Gasteiger partial charge on any atom is -0.374 e. The third-order valence-corrected chi connectivity index (χ3v) is 6.86. The Hall–Kier alpha value is -3.54. The molecule has 0 aliphatic carbocycles. The van der Waals surface area contributed by atoms with Crippen LogP contribution >= 0.6 is 11.6 Å². The fourth-order valence-corrected chi connectivity index (χ4v) is 4.91. The average molecular weight is 588 g/mol. The van der Waals surface area contributed by atoms with Crippen LogP contribution in [0.4, 0.5) is 26.3 Å². The molecule has 1 atom stereocenters. The van der Waals surface area contributed by atoms with E-state index in [9.17, 15) is 35.9 Å². The van der Waals surface area contributed by atoms with Crippen LogP contribution in [0.15, 0.2) is 64.3 Å². The van der Waals surface area contributed by atoms with Gasteiger partial charge in [0, 0.05) is 34.7 Å². The number of hydrogen-bond acceptors (Lipinski definition) is 4. The first-order valence-corrected chi connectivity index (χ1v) is 12.5. The molecule has 13 heteroatoms. The van der Waals surface area contributed by atoms with Crippen LogP contribution in [0.2, 0.25) is 0 Å². The third-order valence-electron chi connectivity index (χ3n) is 6.76. The highest BCUT2D eigenvalue weighted by Crippen LogP contribution is 2.47. The molecule has 0 saturated carbocycles. The van der Waals surface area contributed by atoms with Gasteiger partial charge >= 0.3 is 12.4 Å². The Morgan fingerprint density at radius 3 is 2.40 bits per heavy atom. The Balaban J connectivity index is 1.66. The first-order chi connectivity index (χ1) is 18.7. The van der Waals surface area contributed by atoms with Crippen molar-refractivity contribution in [1.29, 1.82) is 0 Å². The number of halogens is 7. The molecule has 2 aromatic rings. The van der Waals surface area contributed by atoms with Gasteiger partial charge in [0.15, 0.2) is 0 Å². The molecule has 2 aliphatic rings. The van der Waals surface area contributed by atoms with Gasteiger partial charge in [0.05, 0.1) is 18.8 Å². The van der Waals surface area contributed by atoms with Gasteiger partial charge in [-0.25, -0.2) is 0 Å². The molecular weight excluding hydrogens is 564 g/mol. The van der Waals surface area contributed by atoms with Gasteiger partial charge in [-0.1, -0.05) is 53.2 Å². The zero-order valence-corrected chi connectivity index (χ0v) is 22.1. The van der Waals surface area contributed by atoms with E-state index in [2.05, 4.69) is 5.16 Å². The molecule has 214 valence electrons. The van der Waals surface area contributed by atoms with E-state index in [4.69, 9.17) is 16.4 Å². The minimum absolute atomic E-state index is 0.00201. The maximum absolute atomic E-state index is 14.4. The molecule has 4 rings (SSSR count). The van der Waals surface area contributed by atoms with Gasteiger partial charge in [-0.15, -0.1) is 0 Å². The molecule has 1 fully saturated rings. The number of fused-ring (bicyclic) bond motifs is 1. The highest BCUT2D eigenvalue weighted by atomic mass is 35.5. The summed E-state index contributed by atoms with van der Waals surface area (Å²) in [6.45, 7) is 1.61. The van der Waals surface area contributed by atoms with Gasteiger partial charge in [0.2, 0.25) is 5.91 Å². The van der Waals surface area contributed by atoms with Crippen LogP contribution in [0.5, 0.6) is 0 Å². The van der Waals surface area contributed by atoms with E-state index in [1.807, 2.05) is 0 Å². The summed E-state index contributed by atoms with van der Waals surface area (Å²) in [5, 5.41) is 4.73.